The molecule has 2 saturated heterocycles. The zero-order chi connectivity index (χ0) is 16.0. The summed E-state index contributed by atoms with van der Waals surface area (Å²) < 4.78 is 5.49. The molecule has 1 N–H and O–H groups in total. The highest BCUT2D eigenvalue weighted by atomic mass is 16.5. The number of nitrogens with zero attached hydrogens (tertiary/aromatic N) is 1. The van der Waals surface area contributed by atoms with Crippen LogP contribution in [0.25, 0.3) is 0 Å². The number of benzene rings is 1. The van der Waals surface area contributed by atoms with E-state index in [0.717, 1.165) is 32.2 Å². The third-order valence-electron chi connectivity index (χ3n) is 5.66. The van der Waals surface area contributed by atoms with Crippen LogP contribution < -0.4 is 5.32 Å². The second-order valence-corrected chi connectivity index (χ2v) is 7.75. The molecular formula is C20H32N2O. The van der Waals surface area contributed by atoms with Gasteiger partial charge in [0.2, 0.25) is 0 Å². The monoisotopic (exact) mass is 316 g/mol. The van der Waals surface area contributed by atoms with E-state index in [0.29, 0.717) is 5.41 Å². The third-order valence-corrected chi connectivity index (χ3v) is 5.66. The molecule has 2 aliphatic heterocycles. The van der Waals surface area contributed by atoms with Gasteiger partial charge < -0.3 is 10.1 Å². The zero-order valence-electron chi connectivity index (χ0n) is 14.6. The summed E-state index contributed by atoms with van der Waals surface area (Å²) in [5, 5.41) is 3.72. The molecule has 0 bridgehead atoms. The van der Waals surface area contributed by atoms with Gasteiger partial charge in [0.05, 0.1) is 0 Å². The fourth-order valence-corrected chi connectivity index (χ4v) is 3.88. The first kappa shape index (κ1) is 16.9. The number of nitrogens with one attached hydrogen (secondary N) is 1. The van der Waals surface area contributed by atoms with Crippen LogP contribution in [-0.4, -0.2) is 44.3 Å². The van der Waals surface area contributed by atoms with Crippen molar-refractivity contribution in [3.05, 3.63) is 35.9 Å². The molecule has 3 nitrogen and oxygen atoms in total. The Morgan fingerprint density at radius 2 is 2.00 bits per heavy atom. The first-order valence-electron chi connectivity index (χ1n) is 9.28. The molecule has 0 aromatic heterocycles. The van der Waals surface area contributed by atoms with Crippen LogP contribution >= 0.6 is 0 Å². The van der Waals surface area contributed by atoms with Crippen molar-refractivity contribution >= 4 is 0 Å². The van der Waals surface area contributed by atoms with Crippen molar-refractivity contribution in [2.75, 3.05) is 39.4 Å². The molecule has 2 aliphatic rings. The summed E-state index contributed by atoms with van der Waals surface area (Å²) >= 11 is 0. The Kier molecular flexibility index (Phi) is 6.09. The molecule has 0 aliphatic carbocycles. The Balaban J connectivity index is 1.31. The highest BCUT2D eigenvalue weighted by Crippen LogP contribution is 2.32. The Morgan fingerprint density at radius 3 is 2.78 bits per heavy atom. The van der Waals surface area contributed by atoms with E-state index in [-0.39, 0.29) is 0 Å². The quantitative estimate of drug-likeness (QED) is 0.781. The lowest BCUT2D eigenvalue weighted by Crippen LogP contribution is -2.32. The number of hydrogen-bond acceptors (Lipinski definition) is 3. The molecule has 0 spiro atoms. The predicted octanol–water partition coefficient (Wildman–Crippen LogP) is 3.30. The molecular weight excluding hydrogens is 284 g/mol. The second-order valence-electron chi connectivity index (χ2n) is 7.75. The molecule has 23 heavy (non-hydrogen) atoms. The summed E-state index contributed by atoms with van der Waals surface area (Å²) in [6, 6.07) is 10.8. The van der Waals surface area contributed by atoms with Crippen molar-refractivity contribution in [1.82, 2.24) is 10.2 Å². The normalized spacial score (nSPS) is 24.8. The van der Waals surface area contributed by atoms with Crippen molar-refractivity contribution in [3.8, 4) is 0 Å². The van der Waals surface area contributed by atoms with Gasteiger partial charge in [0.15, 0.2) is 0 Å². The lowest BCUT2D eigenvalue weighted by Gasteiger charge is -2.33. The topological polar surface area (TPSA) is 24.5 Å². The highest BCUT2D eigenvalue weighted by Gasteiger charge is 2.27. The molecule has 0 amide bonds. The maximum atomic E-state index is 5.49. The third kappa shape index (κ3) is 5.30. The predicted molar refractivity (Wildman–Crippen MR) is 95.5 cm³/mol. The number of hydrogen-bond donors (Lipinski definition) is 1. The molecule has 128 valence electrons. The molecule has 0 saturated carbocycles. The number of rotatable bonds is 7. The van der Waals surface area contributed by atoms with Gasteiger partial charge in [-0.15, -0.1) is 0 Å². The molecule has 3 heteroatoms. The standard InChI is InChI=1S/C20H32N2O/c1-20(9-13-23-14-10-20)8-11-21-15-19-7-12-22(17-19)16-18-5-3-2-4-6-18/h2-6,19,21H,7-17H2,1H3. The summed E-state index contributed by atoms with van der Waals surface area (Å²) in [6.07, 6.45) is 5.08. The van der Waals surface area contributed by atoms with Crippen LogP contribution in [0.5, 0.6) is 0 Å². The van der Waals surface area contributed by atoms with Crippen molar-refractivity contribution in [2.24, 2.45) is 11.3 Å². The fourth-order valence-electron chi connectivity index (χ4n) is 3.88. The zero-order valence-corrected chi connectivity index (χ0v) is 14.6. The summed E-state index contributed by atoms with van der Waals surface area (Å²) in [4.78, 5) is 2.60. The van der Waals surface area contributed by atoms with Gasteiger partial charge in [-0.25, -0.2) is 0 Å². The molecule has 1 aromatic rings. The van der Waals surface area contributed by atoms with E-state index < -0.39 is 0 Å². The van der Waals surface area contributed by atoms with Gasteiger partial charge >= 0.3 is 0 Å². The molecule has 1 unspecified atom stereocenters. The maximum Gasteiger partial charge on any atom is 0.0471 e. The SMILES string of the molecule is CC1(CCNCC2CCN(Cc3ccccc3)C2)CCOCC1. The Labute approximate surface area is 141 Å². The first-order chi connectivity index (χ1) is 11.2. The molecule has 2 fully saturated rings. The number of likely N-dealkylation sites (tertiary alicyclic amines) is 1. The van der Waals surface area contributed by atoms with Crippen molar-refractivity contribution in [1.29, 1.82) is 0 Å². The van der Waals surface area contributed by atoms with Gasteiger partial charge in [-0.3, -0.25) is 4.90 Å². The first-order valence-corrected chi connectivity index (χ1v) is 9.28. The second kappa shape index (κ2) is 8.27. The van der Waals surface area contributed by atoms with E-state index in [9.17, 15) is 0 Å². The molecule has 2 heterocycles. The lowest BCUT2D eigenvalue weighted by atomic mass is 9.79. The lowest BCUT2D eigenvalue weighted by molar-refractivity contribution is 0.0199. The summed E-state index contributed by atoms with van der Waals surface area (Å²) in [5.41, 5.74) is 1.94. The van der Waals surface area contributed by atoms with E-state index in [1.54, 1.807) is 0 Å². The van der Waals surface area contributed by atoms with E-state index >= 15 is 0 Å². The maximum absolute atomic E-state index is 5.49. The van der Waals surface area contributed by atoms with E-state index in [1.165, 1.54) is 50.9 Å². The van der Waals surface area contributed by atoms with Gasteiger partial charge in [-0.1, -0.05) is 37.3 Å². The van der Waals surface area contributed by atoms with Crippen LogP contribution in [0.1, 0.15) is 38.2 Å². The summed E-state index contributed by atoms with van der Waals surface area (Å²) in [7, 11) is 0. The van der Waals surface area contributed by atoms with Crippen molar-refractivity contribution in [3.63, 3.8) is 0 Å². The average molecular weight is 316 g/mol. The van der Waals surface area contributed by atoms with E-state index in [4.69, 9.17) is 4.74 Å². The van der Waals surface area contributed by atoms with E-state index in [2.05, 4.69) is 47.5 Å². The molecule has 0 radical (unpaired) electrons. The minimum Gasteiger partial charge on any atom is -0.381 e. The van der Waals surface area contributed by atoms with Crippen LogP contribution in [-0.2, 0) is 11.3 Å². The largest absolute Gasteiger partial charge is 0.381 e. The van der Waals surface area contributed by atoms with Crippen molar-refractivity contribution in [2.45, 2.75) is 39.2 Å². The molecule has 1 aromatic carbocycles. The van der Waals surface area contributed by atoms with Gasteiger partial charge in [0, 0.05) is 26.3 Å². The summed E-state index contributed by atoms with van der Waals surface area (Å²) in [6.45, 7) is 10.3. The number of ether oxygens (including phenoxy) is 1. The molecule has 1 atom stereocenters. The Bertz CT molecular complexity index is 456. The van der Waals surface area contributed by atoms with Crippen molar-refractivity contribution < 1.29 is 4.74 Å². The Hall–Kier alpha value is -0.900. The van der Waals surface area contributed by atoms with Gasteiger partial charge in [0.1, 0.15) is 0 Å². The smallest absolute Gasteiger partial charge is 0.0471 e. The van der Waals surface area contributed by atoms with Gasteiger partial charge in [0.25, 0.3) is 0 Å². The van der Waals surface area contributed by atoms with Crippen LogP contribution in [0.4, 0.5) is 0 Å². The minimum absolute atomic E-state index is 0.500. The summed E-state index contributed by atoms with van der Waals surface area (Å²) in [5.74, 6) is 0.821. The van der Waals surface area contributed by atoms with Gasteiger partial charge in [-0.05, 0) is 62.2 Å². The van der Waals surface area contributed by atoms with E-state index in [1.807, 2.05) is 0 Å². The minimum atomic E-state index is 0.500. The Morgan fingerprint density at radius 1 is 1.22 bits per heavy atom. The van der Waals surface area contributed by atoms with Crippen LogP contribution in [0.3, 0.4) is 0 Å². The van der Waals surface area contributed by atoms with Gasteiger partial charge in [-0.2, -0.15) is 0 Å². The van der Waals surface area contributed by atoms with Crippen LogP contribution in [0.2, 0.25) is 0 Å². The fraction of sp³-hybridized carbons (Fsp3) is 0.700. The van der Waals surface area contributed by atoms with Crippen LogP contribution in [0.15, 0.2) is 30.3 Å². The van der Waals surface area contributed by atoms with Crippen LogP contribution in [0, 0.1) is 11.3 Å². The average Bonchev–Trinajstić information content (AvgIpc) is 3.01. The highest BCUT2D eigenvalue weighted by molar-refractivity contribution is 5.14. The molecule has 3 rings (SSSR count).